The molecule has 1 heterocycles. The Morgan fingerprint density at radius 3 is 2.53 bits per heavy atom. The van der Waals surface area contributed by atoms with Crippen molar-refractivity contribution in [2.45, 2.75) is 13.2 Å². The van der Waals surface area contributed by atoms with Gasteiger partial charge in [0.05, 0.1) is 0 Å². The molecule has 4 nitrogen and oxygen atoms in total. The number of aliphatic imine (C=N–C) groups is 1. The van der Waals surface area contributed by atoms with Crippen molar-refractivity contribution in [3.05, 3.63) is 35.9 Å². The van der Waals surface area contributed by atoms with Crippen LogP contribution in [0.1, 0.15) is 18.7 Å². The zero-order chi connectivity index (χ0) is 10.8. The van der Waals surface area contributed by atoms with Gasteiger partial charge in [-0.1, -0.05) is 30.3 Å². The maximum atomic E-state index is 11.2. The van der Waals surface area contributed by atoms with Crippen molar-refractivity contribution in [1.82, 2.24) is 0 Å². The molecule has 1 aromatic rings. The first kappa shape index (κ1) is 9.58. The Morgan fingerprint density at radius 2 is 2.00 bits per heavy atom. The molecule has 1 unspecified atom stereocenters. The Hall–Kier alpha value is -1.97. The Bertz CT molecular complexity index is 436. The molecule has 0 aromatic heterocycles. The fraction of sp³-hybridized carbons (Fsp3) is 0.182. The van der Waals surface area contributed by atoms with Crippen molar-refractivity contribution in [3.63, 3.8) is 0 Å². The van der Waals surface area contributed by atoms with Crippen LogP contribution in [-0.2, 0) is 14.3 Å². The number of carbonyl (C=O) groups is 2. The van der Waals surface area contributed by atoms with Crippen molar-refractivity contribution in [1.29, 1.82) is 0 Å². The van der Waals surface area contributed by atoms with Crippen LogP contribution < -0.4 is 0 Å². The minimum atomic E-state index is -0.669. The summed E-state index contributed by atoms with van der Waals surface area (Å²) in [6.07, 6.45) is -0.669. The van der Waals surface area contributed by atoms with Gasteiger partial charge in [0.25, 0.3) is 0 Å². The van der Waals surface area contributed by atoms with Crippen molar-refractivity contribution >= 4 is 17.5 Å². The molecule has 1 aromatic carbocycles. The summed E-state index contributed by atoms with van der Waals surface area (Å²) in [7, 11) is 0. The lowest BCUT2D eigenvalue weighted by atomic mass is 10.2. The Balaban J connectivity index is 2.29. The van der Waals surface area contributed by atoms with Gasteiger partial charge >= 0.3 is 5.97 Å². The van der Waals surface area contributed by atoms with Crippen molar-refractivity contribution in [2.24, 2.45) is 4.99 Å². The molecule has 4 heteroatoms. The monoisotopic (exact) mass is 203 g/mol. The van der Waals surface area contributed by atoms with Gasteiger partial charge in [0, 0.05) is 12.5 Å². The second-order valence-electron chi connectivity index (χ2n) is 3.20. The largest absolute Gasteiger partial charge is 0.431 e. The van der Waals surface area contributed by atoms with E-state index in [2.05, 4.69) is 4.99 Å². The number of carbonyl (C=O) groups excluding carboxylic acids is 2. The summed E-state index contributed by atoms with van der Waals surface area (Å²) in [5, 5.41) is 0. The van der Waals surface area contributed by atoms with E-state index in [1.54, 1.807) is 12.1 Å². The molecule has 1 aliphatic heterocycles. The average molecular weight is 203 g/mol. The van der Waals surface area contributed by atoms with Crippen molar-refractivity contribution in [3.8, 4) is 0 Å². The molecule has 76 valence electrons. The minimum Gasteiger partial charge on any atom is -0.431 e. The van der Waals surface area contributed by atoms with E-state index in [0.717, 1.165) is 5.56 Å². The van der Waals surface area contributed by atoms with E-state index in [1.807, 2.05) is 18.2 Å². The normalized spacial score (nSPS) is 19.7. The number of Topliss-reactive ketones (excluding diaryl/α,β-unsaturated/α-hetero) is 1. The van der Waals surface area contributed by atoms with Crippen LogP contribution in [0.15, 0.2) is 35.3 Å². The van der Waals surface area contributed by atoms with Crippen LogP contribution in [0.2, 0.25) is 0 Å². The Labute approximate surface area is 86.6 Å². The third-order valence-corrected chi connectivity index (χ3v) is 2.08. The molecule has 0 aliphatic carbocycles. The zero-order valence-corrected chi connectivity index (χ0v) is 8.14. The molecular weight excluding hydrogens is 194 g/mol. The zero-order valence-electron chi connectivity index (χ0n) is 8.14. The second kappa shape index (κ2) is 3.65. The molecule has 1 aliphatic rings. The molecule has 0 saturated heterocycles. The topological polar surface area (TPSA) is 55.7 Å². The first-order valence-electron chi connectivity index (χ1n) is 4.53. The van der Waals surface area contributed by atoms with Gasteiger partial charge < -0.3 is 4.74 Å². The van der Waals surface area contributed by atoms with Gasteiger partial charge in [-0.05, 0) is 0 Å². The summed E-state index contributed by atoms with van der Waals surface area (Å²) in [5.74, 6) is -1.00. The number of nitrogens with zero attached hydrogens (tertiary/aromatic N) is 1. The number of ketones is 1. The number of benzene rings is 1. The van der Waals surface area contributed by atoms with E-state index >= 15 is 0 Å². The van der Waals surface area contributed by atoms with Crippen LogP contribution in [0.4, 0.5) is 0 Å². The lowest BCUT2D eigenvalue weighted by molar-refractivity contribution is -0.138. The summed E-state index contributed by atoms with van der Waals surface area (Å²) in [5.41, 5.74) is 0.658. The highest BCUT2D eigenvalue weighted by atomic mass is 16.6. The lowest BCUT2D eigenvalue weighted by Crippen LogP contribution is -2.18. The Kier molecular flexibility index (Phi) is 2.33. The number of ether oxygens (including phenoxy) is 1. The third-order valence-electron chi connectivity index (χ3n) is 2.08. The highest BCUT2D eigenvalue weighted by molar-refractivity contribution is 6.64. The van der Waals surface area contributed by atoms with E-state index < -0.39 is 12.2 Å². The molecule has 1 atom stereocenters. The van der Waals surface area contributed by atoms with Crippen LogP contribution in [0.5, 0.6) is 0 Å². The maximum Gasteiger partial charge on any atom is 0.362 e. The van der Waals surface area contributed by atoms with E-state index in [-0.39, 0.29) is 11.5 Å². The Morgan fingerprint density at radius 1 is 1.33 bits per heavy atom. The van der Waals surface area contributed by atoms with Crippen LogP contribution in [0, 0.1) is 0 Å². The summed E-state index contributed by atoms with van der Waals surface area (Å²) in [6.45, 7) is 1.30. The predicted molar refractivity (Wildman–Crippen MR) is 53.4 cm³/mol. The average Bonchev–Trinajstić information content (AvgIpc) is 2.62. The molecule has 2 rings (SSSR count). The minimum absolute atomic E-state index is 0.108. The van der Waals surface area contributed by atoms with Gasteiger partial charge in [0.15, 0.2) is 11.5 Å². The van der Waals surface area contributed by atoms with Crippen molar-refractivity contribution in [2.75, 3.05) is 0 Å². The molecule has 0 radical (unpaired) electrons. The molecule has 0 N–H and O–H groups in total. The quantitative estimate of drug-likeness (QED) is 0.680. The van der Waals surface area contributed by atoms with Gasteiger partial charge in [-0.2, -0.15) is 0 Å². The van der Waals surface area contributed by atoms with E-state index in [9.17, 15) is 9.59 Å². The van der Waals surface area contributed by atoms with Gasteiger partial charge in [0.1, 0.15) is 0 Å². The number of hydrogen-bond donors (Lipinski definition) is 0. The highest BCUT2D eigenvalue weighted by Gasteiger charge is 2.30. The molecule has 0 bridgehead atoms. The maximum absolute atomic E-state index is 11.2. The molecule has 0 fully saturated rings. The number of cyclic esters (lactones) is 1. The first-order chi connectivity index (χ1) is 7.18. The van der Waals surface area contributed by atoms with E-state index in [1.165, 1.54) is 6.92 Å². The molecule has 0 saturated carbocycles. The van der Waals surface area contributed by atoms with E-state index in [0.29, 0.717) is 0 Å². The van der Waals surface area contributed by atoms with Crippen LogP contribution in [-0.4, -0.2) is 17.5 Å². The standard InChI is InChI=1S/C11H9NO3/c1-7(13)9-11(14)15-10(12-9)8-5-3-2-4-6-8/h2-6,10H,1H3. The second-order valence-corrected chi connectivity index (χ2v) is 3.20. The summed E-state index contributed by atoms with van der Waals surface area (Å²) < 4.78 is 4.96. The molecule has 15 heavy (non-hydrogen) atoms. The fourth-order valence-corrected chi connectivity index (χ4v) is 1.35. The summed E-state index contributed by atoms with van der Waals surface area (Å²) >= 11 is 0. The van der Waals surface area contributed by atoms with Crippen molar-refractivity contribution < 1.29 is 14.3 Å². The number of esters is 1. The first-order valence-corrected chi connectivity index (χ1v) is 4.53. The van der Waals surface area contributed by atoms with Gasteiger partial charge in [-0.3, -0.25) is 4.79 Å². The third kappa shape index (κ3) is 1.79. The summed E-state index contributed by atoms with van der Waals surface area (Å²) in [6, 6.07) is 9.10. The highest BCUT2D eigenvalue weighted by Crippen LogP contribution is 2.23. The fourth-order valence-electron chi connectivity index (χ4n) is 1.35. The van der Waals surface area contributed by atoms with Crippen LogP contribution in [0.25, 0.3) is 0 Å². The predicted octanol–water partition coefficient (Wildman–Crippen LogP) is 1.27. The number of hydrogen-bond acceptors (Lipinski definition) is 4. The van der Waals surface area contributed by atoms with Gasteiger partial charge in [-0.25, -0.2) is 9.79 Å². The molecule has 0 spiro atoms. The van der Waals surface area contributed by atoms with E-state index in [4.69, 9.17) is 4.74 Å². The number of rotatable bonds is 2. The van der Waals surface area contributed by atoms with Crippen LogP contribution in [0.3, 0.4) is 0 Å². The van der Waals surface area contributed by atoms with Crippen LogP contribution >= 0.6 is 0 Å². The van der Waals surface area contributed by atoms with Gasteiger partial charge in [0.2, 0.25) is 6.23 Å². The van der Waals surface area contributed by atoms with Gasteiger partial charge in [-0.15, -0.1) is 0 Å². The summed E-state index contributed by atoms with van der Waals surface area (Å²) in [4.78, 5) is 26.2. The molecule has 0 amide bonds. The smallest absolute Gasteiger partial charge is 0.362 e. The molecular formula is C11H9NO3. The lowest BCUT2D eigenvalue weighted by Gasteiger charge is -2.05. The SMILES string of the molecule is CC(=O)C1=NC(c2ccccc2)OC1=O.